The van der Waals surface area contributed by atoms with Crippen LogP contribution in [0.25, 0.3) is 0 Å². The topological polar surface area (TPSA) is 77.4 Å². The van der Waals surface area contributed by atoms with Gasteiger partial charge >= 0.3 is 5.97 Å². The normalized spacial score (nSPS) is 10.3. The predicted molar refractivity (Wildman–Crippen MR) is 65.3 cm³/mol. The van der Waals surface area contributed by atoms with Gasteiger partial charge < -0.3 is 19.4 Å². The molecule has 1 N–H and O–H groups in total. The second kappa shape index (κ2) is 7.16. The highest BCUT2D eigenvalue weighted by molar-refractivity contribution is 5.80. The molecule has 0 unspecified atom stereocenters. The molecule has 0 radical (unpaired) electrons. The molecule has 6 heteroatoms. The number of methoxy groups -OCH3 is 1. The van der Waals surface area contributed by atoms with Gasteiger partial charge in [-0.3, -0.25) is 0 Å². The van der Waals surface area contributed by atoms with E-state index < -0.39 is 12.6 Å². The Kier molecular flexibility index (Phi) is 5.50. The van der Waals surface area contributed by atoms with Crippen LogP contribution < -0.4 is 9.47 Å². The Morgan fingerprint density at radius 2 is 2.22 bits per heavy atom. The van der Waals surface area contributed by atoms with E-state index in [-0.39, 0.29) is 0 Å². The van der Waals surface area contributed by atoms with Gasteiger partial charge in [0.05, 0.1) is 19.9 Å². The third-order valence-corrected chi connectivity index (χ3v) is 1.95. The maximum atomic E-state index is 10.2. The highest BCUT2D eigenvalue weighted by Crippen LogP contribution is 2.27. The molecule has 98 valence electrons. The van der Waals surface area contributed by atoms with Crippen molar-refractivity contribution >= 4 is 12.2 Å². The predicted octanol–water partition coefficient (Wildman–Crippen LogP) is 1.53. The van der Waals surface area contributed by atoms with E-state index in [1.807, 2.05) is 6.92 Å². The summed E-state index contributed by atoms with van der Waals surface area (Å²) in [6.45, 7) is 1.92. The number of ether oxygens (including phenoxy) is 2. The van der Waals surface area contributed by atoms with Crippen LogP contribution in [-0.4, -0.2) is 37.6 Å². The van der Waals surface area contributed by atoms with E-state index in [0.717, 1.165) is 5.56 Å². The van der Waals surface area contributed by atoms with Gasteiger partial charge in [0.25, 0.3) is 0 Å². The largest absolute Gasteiger partial charge is 0.493 e. The molecule has 0 atom stereocenters. The van der Waals surface area contributed by atoms with Gasteiger partial charge in [0.15, 0.2) is 11.5 Å². The molecular formula is C12H15NO5. The molecule has 18 heavy (non-hydrogen) atoms. The Morgan fingerprint density at radius 1 is 1.44 bits per heavy atom. The zero-order valence-electron chi connectivity index (χ0n) is 10.3. The summed E-state index contributed by atoms with van der Waals surface area (Å²) in [5, 5.41) is 11.9. The van der Waals surface area contributed by atoms with Crippen molar-refractivity contribution < 1.29 is 24.2 Å². The van der Waals surface area contributed by atoms with Crippen LogP contribution in [0.5, 0.6) is 11.5 Å². The maximum absolute atomic E-state index is 10.2. The van der Waals surface area contributed by atoms with Crippen molar-refractivity contribution in [3.63, 3.8) is 0 Å². The summed E-state index contributed by atoms with van der Waals surface area (Å²) in [5.74, 6) is 0.152. The molecule has 0 bridgehead atoms. The molecule has 1 aromatic carbocycles. The van der Waals surface area contributed by atoms with Crippen molar-refractivity contribution in [2.45, 2.75) is 6.92 Å². The number of carbonyl (C=O) groups is 1. The molecule has 0 aliphatic carbocycles. The Labute approximate surface area is 105 Å². The van der Waals surface area contributed by atoms with Crippen LogP contribution in [0, 0.1) is 0 Å². The summed E-state index contributed by atoms with van der Waals surface area (Å²) < 4.78 is 10.5. The number of rotatable bonds is 7. The molecule has 1 aromatic rings. The number of hydrogen-bond acceptors (Lipinski definition) is 5. The van der Waals surface area contributed by atoms with Gasteiger partial charge in [-0.05, 0) is 25.1 Å². The van der Waals surface area contributed by atoms with E-state index >= 15 is 0 Å². The maximum Gasteiger partial charge on any atom is 0.344 e. The quantitative estimate of drug-likeness (QED) is 0.589. The van der Waals surface area contributed by atoms with E-state index in [2.05, 4.69) is 9.99 Å². The number of hydrogen-bond donors (Lipinski definition) is 1. The molecule has 0 aliphatic heterocycles. The molecule has 0 fully saturated rings. The Morgan fingerprint density at radius 3 is 2.83 bits per heavy atom. The van der Waals surface area contributed by atoms with Crippen molar-refractivity contribution in [1.82, 2.24) is 0 Å². The minimum atomic E-state index is -1.07. The summed E-state index contributed by atoms with van der Waals surface area (Å²) in [7, 11) is 1.56. The molecule has 0 saturated carbocycles. The van der Waals surface area contributed by atoms with Crippen LogP contribution in [0.2, 0.25) is 0 Å². The fourth-order valence-electron chi connectivity index (χ4n) is 1.23. The molecule has 0 aromatic heterocycles. The lowest BCUT2D eigenvalue weighted by Gasteiger charge is -2.09. The van der Waals surface area contributed by atoms with Gasteiger partial charge in [-0.15, -0.1) is 0 Å². The molecule has 1 rings (SSSR count). The van der Waals surface area contributed by atoms with E-state index in [1.54, 1.807) is 25.3 Å². The monoisotopic (exact) mass is 253 g/mol. The highest BCUT2D eigenvalue weighted by Gasteiger charge is 2.04. The Bertz CT molecular complexity index is 430. The lowest BCUT2D eigenvalue weighted by Crippen LogP contribution is -2.03. The first-order valence-electron chi connectivity index (χ1n) is 5.35. The van der Waals surface area contributed by atoms with Crippen LogP contribution in [0.3, 0.4) is 0 Å². The van der Waals surface area contributed by atoms with Gasteiger partial charge in [-0.25, -0.2) is 4.79 Å². The van der Waals surface area contributed by atoms with Gasteiger partial charge in [0, 0.05) is 5.56 Å². The Balaban J connectivity index is 2.71. The first-order chi connectivity index (χ1) is 8.67. The van der Waals surface area contributed by atoms with E-state index in [9.17, 15) is 4.79 Å². The van der Waals surface area contributed by atoms with Crippen LogP contribution in [0.4, 0.5) is 0 Å². The number of aliphatic carboxylic acids is 1. The van der Waals surface area contributed by atoms with Crippen LogP contribution >= 0.6 is 0 Å². The third-order valence-electron chi connectivity index (χ3n) is 1.95. The smallest absolute Gasteiger partial charge is 0.344 e. The van der Waals surface area contributed by atoms with E-state index in [1.165, 1.54) is 6.21 Å². The molecule has 0 spiro atoms. The van der Waals surface area contributed by atoms with Gasteiger partial charge in [-0.2, -0.15) is 0 Å². The zero-order chi connectivity index (χ0) is 13.4. The highest BCUT2D eigenvalue weighted by atomic mass is 16.6. The third kappa shape index (κ3) is 4.32. The number of nitrogens with zero attached hydrogens (tertiary/aromatic N) is 1. The number of carboxylic acids is 1. The van der Waals surface area contributed by atoms with Crippen molar-refractivity contribution in [2.24, 2.45) is 5.16 Å². The fraction of sp³-hybridized carbons (Fsp3) is 0.333. The van der Waals surface area contributed by atoms with Crippen LogP contribution in [-0.2, 0) is 9.63 Å². The van der Waals surface area contributed by atoms with Gasteiger partial charge in [0.2, 0.25) is 6.61 Å². The fourth-order valence-corrected chi connectivity index (χ4v) is 1.23. The average Bonchev–Trinajstić information content (AvgIpc) is 2.35. The van der Waals surface area contributed by atoms with Gasteiger partial charge in [0.1, 0.15) is 0 Å². The second-order valence-electron chi connectivity index (χ2n) is 3.24. The molecular weight excluding hydrogens is 238 g/mol. The molecule has 0 amide bonds. The number of benzene rings is 1. The molecule has 6 nitrogen and oxygen atoms in total. The second-order valence-corrected chi connectivity index (χ2v) is 3.24. The molecule has 0 heterocycles. The van der Waals surface area contributed by atoms with Crippen molar-refractivity contribution in [3.8, 4) is 11.5 Å². The zero-order valence-corrected chi connectivity index (χ0v) is 10.3. The van der Waals surface area contributed by atoms with Crippen LogP contribution in [0.15, 0.2) is 23.4 Å². The first-order valence-corrected chi connectivity index (χ1v) is 5.35. The lowest BCUT2D eigenvalue weighted by atomic mass is 10.2. The van der Waals surface area contributed by atoms with Gasteiger partial charge in [-0.1, -0.05) is 5.16 Å². The summed E-state index contributed by atoms with van der Waals surface area (Å²) in [6, 6.07) is 5.23. The SMILES string of the molecule is CCOc1cc(/C=N\OCC(=O)O)ccc1OC. The van der Waals surface area contributed by atoms with E-state index in [0.29, 0.717) is 18.1 Å². The summed E-state index contributed by atoms with van der Waals surface area (Å²) in [4.78, 5) is 14.8. The number of carboxylic acid groups (broad SMARTS) is 1. The standard InChI is InChI=1S/C12H15NO5/c1-3-17-11-6-9(4-5-10(11)16-2)7-13-18-8-12(14)15/h4-7H,3,8H2,1-2H3,(H,14,15)/b13-7-. The van der Waals surface area contributed by atoms with Crippen molar-refractivity contribution in [2.75, 3.05) is 20.3 Å². The Hall–Kier alpha value is -2.24. The average molecular weight is 253 g/mol. The summed E-state index contributed by atoms with van der Waals surface area (Å²) in [5.41, 5.74) is 0.727. The lowest BCUT2D eigenvalue weighted by molar-refractivity contribution is -0.142. The summed E-state index contributed by atoms with van der Waals surface area (Å²) in [6.07, 6.45) is 1.41. The van der Waals surface area contributed by atoms with Crippen LogP contribution in [0.1, 0.15) is 12.5 Å². The van der Waals surface area contributed by atoms with E-state index in [4.69, 9.17) is 14.6 Å². The molecule has 0 aliphatic rings. The summed E-state index contributed by atoms with van der Waals surface area (Å²) >= 11 is 0. The molecule has 0 saturated heterocycles. The minimum Gasteiger partial charge on any atom is -0.493 e. The minimum absolute atomic E-state index is 0.467. The first kappa shape index (κ1) is 13.8. The number of oxime groups is 1. The van der Waals surface area contributed by atoms with Crippen molar-refractivity contribution in [1.29, 1.82) is 0 Å². The van der Waals surface area contributed by atoms with Crippen molar-refractivity contribution in [3.05, 3.63) is 23.8 Å².